The van der Waals surface area contributed by atoms with E-state index in [9.17, 15) is 4.79 Å². The van der Waals surface area contributed by atoms with Gasteiger partial charge in [-0.1, -0.05) is 0 Å². The molecule has 1 unspecified atom stereocenters. The maximum atomic E-state index is 12.2. The number of likely N-dealkylation sites (tertiary alicyclic amines) is 1. The van der Waals surface area contributed by atoms with Crippen molar-refractivity contribution < 1.29 is 9.21 Å². The van der Waals surface area contributed by atoms with Gasteiger partial charge in [-0.15, -0.1) is 0 Å². The third kappa shape index (κ3) is 2.27. The monoisotopic (exact) mass is 249 g/mol. The van der Waals surface area contributed by atoms with Crippen molar-refractivity contribution in [2.45, 2.75) is 51.7 Å². The molecule has 1 saturated carbocycles. The van der Waals surface area contributed by atoms with Crippen molar-refractivity contribution in [3.8, 4) is 0 Å². The lowest BCUT2D eigenvalue weighted by Gasteiger charge is -2.15. The number of amides is 1. The van der Waals surface area contributed by atoms with E-state index < -0.39 is 0 Å². The molecular formula is C13H19N3O2. The molecule has 0 aromatic carbocycles. The highest BCUT2D eigenvalue weighted by atomic mass is 16.4. The summed E-state index contributed by atoms with van der Waals surface area (Å²) >= 11 is 0. The minimum atomic E-state index is 0.00894. The van der Waals surface area contributed by atoms with Crippen LogP contribution in [0.1, 0.15) is 36.6 Å². The van der Waals surface area contributed by atoms with Gasteiger partial charge in [-0.3, -0.25) is 4.79 Å². The molecular weight excluding hydrogens is 230 g/mol. The van der Waals surface area contributed by atoms with Crippen LogP contribution in [0.2, 0.25) is 0 Å². The number of nitrogens with zero attached hydrogens (tertiary/aromatic N) is 2. The Labute approximate surface area is 107 Å². The normalized spacial score (nSPS) is 24.0. The van der Waals surface area contributed by atoms with Gasteiger partial charge in [0.1, 0.15) is 5.76 Å². The van der Waals surface area contributed by atoms with E-state index in [0.29, 0.717) is 18.5 Å². The smallest absolute Gasteiger partial charge is 0.240 e. The summed E-state index contributed by atoms with van der Waals surface area (Å²) in [5, 5.41) is 3.39. The maximum Gasteiger partial charge on any atom is 0.240 e. The summed E-state index contributed by atoms with van der Waals surface area (Å²) in [4.78, 5) is 18.3. The summed E-state index contributed by atoms with van der Waals surface area (Å²) in [6.07, 6.45) is 3.32. The number of hydrogen-bond acceptors (Lipinski definition) is 4. The molecule has 2 fully saturated rings. The summed E-state index contributed by atoms with van der Waals surface area (Å²) in [7, 11) is 0. The molecule has 5 heteroatoms. The Bertz CT molecular complexity index is 445. The largest absolute Gasteiger partial charge is 0.444 e. The van der Waals surface area contributed by atoms with E-state index >= 15 is 0 Å². The van der Waals surface area contributed by atoms with Gasteiger partial charge in [-0.2, -0.15) is 0 Å². The summed E-state index contributed by atoms with van der Waals surface area (Å²) in [5.41, 5.74) is 0.907. The maximum absolute atomic E-state index is 12.2. The Kier molecular flexibility index (Phi) is 2.86. The van der Waals surface area contributed by atoms with Crippen molar-refractivity contribution in [2.24, 2.45) is 0 Å². The highest BCUT2D eigenvalue weighted by Gasteiger charge is 2.36. The van der Waals surface area contributed by atoms with Crippen LogP contribution in [0.5, 0.6) is 0 Å². The van der Waals surface area contributed by atoms with Gasteiger partial charge in [0.25, 0.3) is 0 Å². The fraction of sp³-hybridized carbons (Fsp3) is 0.692. The number of rotatable bonds is 4. The topological polar surface area (TPSA) is 58.4 Å². The second-order valence-electron chi connectivity index (χ2n) is 5.29. The first-order valence-electron chi connectivity index (χ1n) is 6.61. The molecule has 2 heterocycles. The van der Waals surface area contributed by atoms with Gasteiger partial charge in [-0.05, 0) is 33.1 Å². The van der Waals surface area contributed by atoms with Gasteiger partial charge in [0.2, 0.25) is 11.8 Å². The Hall–Kier alpha value is -1.36. The van der Waals surface area contributed by atoms with Gasteiger partial charge >= 0.3 is 0 Å². The molecule has 0 spiro atoms. The molecule has 2 aliphatic rings. The SMILES string of the molecule is Cc1nc(CN2CCC(NC3CC3)C2=O)oc1C. The first-order valence-corrected chi connectivity index (χ1v) is 6.61. The van der Waals surface area contributed by atoms with Crippen LogP contribution >= 0.6 is 0 Å². The van der Waals surface area contributed by atoms with Crippen LogP contribution in [0.4, 0.5) is 0 Å². The lowest BCUT2D eigenvalue weighted by atomic mass is 10.2. The van der Waals surface area contributed by atoms with Crippen LogP contribution in [-0.4, -0.2) is 34.4 Å². The lowest BCUT2D eigenvalue weighted by molar-refractivity contribution is -0.130. The minimum absolute atomic E-state index is 0.00894. The van der Waals surface area contributed by atoms with Crippen molar-refractivity contribution in [3.63, 3.8) is 0 Å². The average Bonchev–Trinajstić information content (AvgIpc) is 3.01. The molecule has 98 valence electrons. The molecule has 3 rings (SSSR count). The summed E-state index contributed by atoms with van der Waals surface area (Å²) in [5.74, 6) is 1.67. The van der Waals surface area contributed by atoms with Gasteiger partial charge in [0.15, 0.2) is 0 Å². The fourth-order valence-electron chi connectivity index (χ4n) is 2.36. The molecule has 18 heavy (non-hydrogen) atoms. The van der Waals surface area contributed by atoms with E-state index in [4.69, 9.17) is 4.42 Å². The first kappa shape index (κ1) is 11.7. The Morgan fingerprint density at radius 3 is 2.78 bits per heavy atom. The minimum Gasteiger partial charge on any atom is -0.444 e. The molecule has 0 bridgehead atoms. The Balaban J connectivity index is 1.61. The number of nitrogens with one attached hydrogen (secondary N) is 1. The molecule has 1 amide bonds. The van der Waals surface area contributed by atoms with E-state index in [-0.39, 0.29) is 11.9 Å². The van der Waals surface area contributed by atoms with Crippen LogP contribution in [0.25, 0.3) is 0 Å². The molecule has 1 N–H and O–H groups in total. The van der Waals surface area contributed by atoms with Gasteiger partial charge < -0.3 is 14.6 Å². The van der Waals surface area contributed by atoms with E-state index in [1.54, 1.807) is 0 Å². The highest BCUT2D eigenvalue weighted by Crippen LogP contribution is 2.23. The van der Waals surface area contributed by atoms with Crippen molar-refractivity contribution in [1.82, 2.24) is 15.2 Å². The van der Waals surface area contributed by atoms with E-state index in [1.807, 2.05) is 18.7 Å². The molecule has 1 aliphatic carbocycles. The predicted molar refractivity (Wildman–Crippen MR) is 66.0 cm³/mol. The molecule has 1 aromatic rings. The Morgan fingerprint density at radius 2 is 2.17 bits per heavy atom. The van der Waals surface area contributed by atoms with Crippen molar-refractivity contribution in [1.29, 1.82) is 0 Å². The summed E-state index contributed by atoms with van der Waals surface area (Å²) < 4.78 is 5.53. The average molecular weight is 249 g/mol. The standard InChI is InChI=1S/C13H19N3O2/c1-8-9(2)18-12(14-8)7-16-6-5-11(13(16)17)15-10-3-4-10/h10-11,15H,3-7H2,1-2H3. The summed E-state index contributed by atoms with van der Waals surface area (Å²) in [6, 6.07) is 0.583. The molecule has 5 nitrogen and oxygen atoms in total. The van der Waals surface area contributed by atoms with Crippen LogP contribution in [0.3, 0.4) is 0 Å². The van der Waals surface area contributed by atoms with Crippen LogP contribution in [0, 0.1) is 13.8 Å². The van der Waals surface area contributed by atoms with Crippen LogP contribution in [0.15, 0.2) is 4.42 Å². The van der Waals surface area contributed by atoms with Crippen molar-refractivity contribution >= 4 is 5.91 Å². The van der Waals surface area contributed by atoms with Crippen molar-refractivity contribution in [3.05, 3.63) is 17.3 Å². The second kappa shape index (κ2) is 4.39. The van der Waals surface area contributed by atoms with Gasteiger partial charge in [-0.25, -0.2) is 4.98 Å². The van der Waals surface area contributed by atoms with Gasteiger partial charge in [0, 0.05) is 12.6 Å². The van der Waals surface area contributed by atoms with Gasteiger partial charge in [0.05, 0.1) is 18.3 Å². The number of carbonyl (C=O) groups excluding carboxylic acids is 1. The van der Waals surface area contributed by atoms with E-state index in [0.717, 1.165) is 24.4 Å². The number of aryl methyl sites for hydroxylation is 2. The lowest BCUT2D eigenvalue weighted by Crippen LogP contribution is -2.39. The van der Waals surface area contributed by atoms with Crippen molar-refractivity contribution in [2.75, 3.05) is 6.54 Å². The number of carbonyl (C=O) groups is 1. The molecule has 0 radical (unpaired) electrons. The number of hydrogen-bond donors (Lipinski definition) is 1. The molecule has 1 aliphatic heterocycles. The van der Waals surface area contributed by atoms with Crippen LogP contribution < -0.4 is 5.32 Å². The zero-order valence-corrected chi connectivity index (χ0v) is 10.9. The summed E-state index contributed by atoms with van der Waals surface area (Å²) in [6.45, 7) is 5.11. The molecule has 1 aromatic heterocycles. The fourth-order valence-corrected chi connectivity index (χ4v) is 2.36. The second-order valence-corrected chi connectivity index (χ2v) is 5.29. The number of aromatic nitrogens is 1. The quantitative estimate of drug-likeness (QED) is 0.869. The predicted octanol–water partition coefficient (Wildman–Crippen LogP) is 1.14. The number of oxazole rings is 1. The zero-order chi connectivity index (χ0) is 12.7. The molecule has 1 saturated heterocycles. The molecule has 1 atom stereocenters. The van der Waals surface area contributed by atoms with E-state index in [1.165, 1.54) is 12.8 Å². The Morgan fingerprint density at radius 1 is 1.39 bits per heavy atom. The first-order chi connectivity index (χ1) is 8.63. The third-order valence-corrected chi connectivity index (χ3v) is 3.71. The van der Waals surface area contributed by atoms with Crippen LogP contribution in [-0.2, 0) is 11.3 Å². The van der Waals surface area contributed by atoms with E-state index in [2.05, 4.69) is 10.3 Å². The highest BCUT2D eigenvalue weighted by molar-refractivity contribution is 5.83. The third-order valence-electron chi connectivity index (χ3n) is 3.71. The zero-order valence-electron chi connectivity index (χ0n) is 10.9.